The summed E-state index contributed by atoms with van der Waals surface area (Å²) < 4.78 is 1.03. The Labute approximate surface area is 94.2 Å². The molecule has 1 aliphatic carbocycles. The van der Waals surface area contributed by atoms with Crippen LogP contribution in [0, 0.1) is 5.41 Å². The van der Waals surface area contributed by atoms with Crippen LogP contribution in [0.15, 0.2) is 0 Å². The standard InChI is InChI=1S/C13H26S/c1-11(2,3)10-13(8-7-9-13)14-12(4,5)6/h7-10H2,1-6H3. The Kier molecular flexibility index (Phi) is 3.31. The molecule has 0 heterocycles. The highest BCUT2D eigenvalue weighted by Crippen LogP contribution is 2.54. The lowest BCUT2D eigenvalue weighted by Gasteiger charge is -2.48. The first-order chi connectivity index (χ1) is 6.12. The van der Waals surface area contributed by atoms with Gasteiger partial charge in [-0.3, -0.25) is 0 Å². The van der Waals surface area contributed by atoms with Crippen LogP contribution >= 0.6 is 11.8 Å². The van der Waals surface area contributed by atoms with Crippen molar-refractivity contribution < 1.29 is 0 Å². The predicted molar refractivity (Wildman–Crippen MR) is 68.0 cm³/mol. The van der Waals surface area contributed by atoms with Gasteiger partial charge in [0.2, 0.25) is 0 Å². The van der Waals surface area contributed by atoms with Gasteiger partial charge in [-0.15, -0.1) is 11.8 Å². The van der Waals surface area contributed by atoms with E-state index in [1.165, 1.54) is 25.7 Å². The molecule has 0 aliphatic heterocycles. The topological polar surface area (TPSA) is 0 Å². The fourth-order valence-corrected chi connectivity index (χ4v) is 4.80. The summed E-state index contributed by atoms with van der Waals surface area (Å²) in [5.74, 6) is 0. The van der Waals surface area contributed by atoms with E-state index in [1.807, 2.05) is 0 Å². The summed E-state index contributed by atoms with van der Waals surface area (Å²) in [6, 6.07) is 0. The van der Waals surface area contributed by atoms with Crippen molar-refractivity contribution in [3.05, 3.63) is 0 Å². The summed E-state index contributed by atoms with van der Waals surface area (Å²) in [7, 11) is 0. The molecule has 0 aromatic carbocycles. The van der Waals surface area contributed by atoms with Crippen LogP contribution < -0.4 is 0 Å². The Hall–Kier alpha value is 0.350. The maximum Gasteiger partial charge on any atom is 0.0170 e. The zero-order chi connectivity index (χ0) is 11.0. The van der Waals surface area contributed by atoms with Crippen LogP contribution in [0.3, 0.4) is 0 Å². The second-order valence-electron chi connectivity index (χ2n) is 6.99. The molecule has 0 amide bonds. The molecule has 0 saturated heterocycles. The summed E-state index contributed by atoms with van der Waals surface area (Å²) in [5, 5.41) is 0. The minimum atomic E-state index is 0.422. The first-order valence-corrected chi connectivity index (χ1v) is 6.64. The molecule has 0 N–H and O–H groups in total. The van der Waals surface area contributed by atoms with Crippen molar-refractivity contribution in [2.45, 2.75) is 76.7 Å². The second kappa shape index (κ2) is 3.73. The third kappa shape index (κ3) is 3.84. The monoisotopic (exact) mass is 214 g/mol. The highest BCUT2D eigenvalue weighted by atomic mass is 32.2. The van der Waals surface area contributed by atoms with Crippen molar-refractivity contribution in [3.63, 3.8) is 0 Å². The molecule has 1 heteroatoms. The summed E-state index contributed by atoms with van der Waals surface area (Å²) in [4.78, 5) is 0. The molecular formula is C13H26S. The number of rotatable bonds is 2. The van der Waals surface area contributed by atoms with Gasteiger partial charge in [0.15, 0.2) is 0 Å². The molecule has 0 unspecified atom stereocenters. The van der Waals surface area contributed by atoms with E-state index in [0.29, 0.717) is 14.9 Å². The molecule has 84 valence electrons. The van der Waals surface area contributed by atoms with Gasteiger partial charge < -0.3 is 0 Å². The summed E-state index contributed by atoms with van der Waals surface area (Å²) in [6.45, 7) is 14.2. The second-order valence-corrected chi connectivity index (χ2v) is 9.28. The molecule has 0 aromatic heterocycles. The lowest BCUT2D eigenvalue weighted by Crippen LogP contribution is -2.40. The summed E-state index contributed by atoms with van der Waals surface area (Å²) in [5.41, 5.74) is 0.485. The molecule has 1 fully saturated rings. The van der Waals surface area contributed by atoms with E-state index in [-0.39, 0.29) is 0 Å². The van der Waals surface area contributed by atoms with Crippen molar-refractivity contribution in [2.75, 3.05) is 0 Å². The van der Waals surface area contributed by atoms with Gasteiger partial charge in [0.1, 0.15) is 0 Å². The van der Waals surface area contributed by atoms with Crippen LogP contribution in [0.2, 0.25) is 0 Å². The lowest BCUT2D eigenvalue weighted by atomic mass is 9.73. The van der Waals surface area contributed by atoms with Crippen molar-refractivity contribution in [1.29, 1.82) is 0 Å². The van der Waals surface area contributed by atoms with E-state index in [4.69, 9.17) is 0 Å². The van der Waals surface area contributed by atoms with Crippen molar-refractivity contribution in [2.24, 2.45) is 5.41 Å². The molecule has 0 spiro atoms. The minimum Gasteiger partial charge on any atom is -0.149 e. The first-order valence-electron chi connectivity index (χ1n) is 5.82. The minimum absolute atomic E-state index is 0.422. The van der Waals surface area contributed by atoms with Gasteiger partial charge in [0.05, 0.1) is 0 Å². The lowest BCUT2D eigenvalue weighted by molar-refractivity contribution is 0.239. The normalized spacial score (nSPS) is 21.9. The molecule has 0 nitrogen and oxygen atoms in total. The zero-order valence-electron chi connectivity index (χ0n) is 10.7. The van der Waals surface area contributed by atoms with E-state index >= 15 is 0 Å². The van der Waals surface area contributed by atoms with E-state index in [2.05, 4.69) is 53.3 Å². The first kappa shape index (κ1) is 12.4. The van der Waals surface area contributed by atoms with E-state index < -0.39 is 0 Å². The van der Waals surface area contributed by atoms with Gasteiger partial charge in [-0.2, -0.15) is 0 Å². The van der Waals surface area contributed by atoms with Gasteiger partial charge >= 0.3 is 0 Å². The highest BCUT2D eigenvalue weighted by Gasteiger charge is 2.42. The highest BCUT2D eigenvalue weighted by molar-refractivity contribution is 8.02. The van der Waals surface area contributed by atoms with Gasteiger partial charge in [0.25, 0.3) is 0 Å². The van der Waals surface area contributed by atoms with Crippen molar-refractivity contribution in [3.8, 4) is 0 Å². The van der Waals surface area contributed by atoms with Crippen LogP contribution in [0.25, 0.3) is 0 Å². The Morgan fingerprint density at radius 1 is 1.00 bits per heavy atom. The molecular weight excluding hydrogens is 188 g/mol. The van der Waals surface area contributed by atoms with E-state index in [9.17, 15) is 0 Å². The molecule has 1 aliphatic rings. The Balaban J connectivity index is 2.59. The summed E-state index contributed by atoms with van der Waals surface area (Å²) in [6.07, 6.45) is 5.69. The van der Waals surface area contributed by atoms with Gasteiger partial charge in [-0.1, -0.05) is 48.0 Å². The average molecular weight is 214 g/mol. The smallest absolute Gasteiger partial charge is 0.0170 e. The SMILES string of the molecule is CC(C)(C)CC1(SC(C)(C)C)CCC1. The van der Waals surface area contributed by atoms with Gasteiger partial charge in [0, 0.05) is 9.49 Å². The molecule has 0 atom stereocenters. The maximum absolute atomic E-state index is 2.37. The zero-order valence-corrected chi connectivity index (χ0v) is 11.6. The fourth-order valence-electron chi connectivity index (χ4n) is 2.50. The Morgan fingerprint density at radius 2 is 1.50 bits per heavy atom. The average Bonchev–Trinajstić information content (AvgIpc) is 1.75. The predicted octanol–water partition coefficient (Wildman–Crippen LogP) is 4.88. The van der Waals surface area contributed by atoms with Gasteiger partial charge in [-0.25, -0.2) is 0 Å². The third-order valence-corrected chi connectivity index (χ3v) is 4.24. The number of thioether (sulfide) groups is 1. The van der Waals surface area contributed by atoms with Crippen LogP contribution in [0.4, 0.5) is 0 Å². The van der Waals surface area contributed by atoms with E-state index in [0.717, 1.165) is 0 Å². The van der Waals surface area contributed by atoms with Crippen molar-refractivity contribution in [1.82, 2.24) is 0 Å². The molecule has 1 rings (SSSR count). The third-order valence-electron chi connectivity index (χ3n) is 2.64. The van der Waals surface area contributed by atoms with E-state index in [1.54, 1.807) is 0 Å². The molecule has 14 heavy (non-hydrogen) atoms. The Morgan fingerprint density at radius 3 is 1.71 bits per heavy atom. The fraction of sp³-hybridized carbons (Fsp3) is 1.00. The Bertz CT molecular complexity index is 170. The van der Waals surface area contributed by atoms with Crippen LogP contribution in [-0.2, 0) is 0 Å². The van der Waals surface area contributed by atoms with Gasteiger partial charge in [-0.05, 0) is 24.7 Å². The number of hydrogen-bond donors (Lipinski definition) is 0. The molecule has 0 radical (unpaired) electrons. The van der Waals surface area contributed by atoms with Crippen molar-refractivity contribution >= 4 is 11.8 Å². The quantitative estimate of drug-likeness (QED) is 0.631. The molecule has 0 aromatic rings. The van der Waals surface area contributed by atoms with Crippen LogP contribution in [0.1, 0.15) is 67.2 Å². The maximum atomic E-state index is 2.37. The molecule has 0 bridgehead atoms. The molecule has 1 saturated carbocycles. The number of hydrogen-bond acceptors (Lipinski definition) is 1. The van der Waals surface area contributed by atoms with Crippen LogP contribution in [0.5, 0.6) is 0 Å². The summed E-state index contributed by atoms with van der Waals surface area (Å²) >= 11 is 2.22. The van der Waals surface area contributed by atoms with Crippen LogP contribution in [-0.4, -0.2) is 9.49 Å². The largest absolute Gasteiger partial charge is 0.149 e.